The van der Waals surface area contributed by atoms with Gasteiger partial charge in [-0.25, -0.2) is 0 Å². The highest BCUT2D eigenvalue weighted by Gasteiger charge is 2.04. The van der Waals surface area contributed by atoms with E-state index in [4.69, 9.17) is 0 Å². The zero-order valence-electron chi connectivity index (χ0n) is 7.00. The molecule has 0 saturated heterocycles. The van der Waals surface area contributed by atoms with Gasteiger partial charge in [0, 0.05) is 12.4 Å². The molecule has 0 bridgehead atoms. The highest BCUT2D eigenvalue weighted by molar-refractivity contribution is 9.10. The van der Waals surface area contributed by atoms with Gasteiger partial charge in [-0.1, -0.05) is 11.6 Å². The highest BCUT2D eigenvalue weighted by atomic mass is 79.9. The number of rotatable bonds is 0. The summed E-state index contributed by atoms with van der Waals surface area (Å²) in [5.41, 5.74) is 2.30. The molecule has 12 heavy (non-hydrogen) atoms. The van der Waals surface area contributed by atoms with Crippen LogP contribution < -0.4 is 0 Å². The molecule has 2 nitrogen and oxygen atoms in total. The molecule has 0 spiro atoms. The van der Waals surface area contributed by atoms with Crippen molar-refractivity contribution in [2.45, 2.75) is 6.92 Å². The fourth-order valence-electron chi connectivity index (χ4n) is 1.28. The lowest BCUT2D eigenvalue weighted by atomic mass is 10.2. The molecule has 2 rings (SSSR count). The van der Waals surface area contributed by atoms with E-state index in [1.807, 2.05) is 17.8 Å². The van der Waals surface area contributed by atoms with E-state index in [9.17, 15) is 0 Å². The second-order valence-electron chi connectivity index (χ2n) is 2.94. The van der Waals surface area contributed by atoms with Gasteiger partial charge in [-0.05, 0) is 35.0 Å². The molecule has 1 aromatic carbocycles. The van der Waals surface area contributed by atoms with Gasteiger partial charge < -0.3 is 0 Å². The van der Waals surface area contributed by atoms with Crippen LogP contribution >= 0.6 is 15.9 Å². The Bertz CT molecular complexity index is 431. The van der Waals surface area contributed by atoms with Gasteiger partial charge in [0.25, 0.3) is 0 Å². The fourth-order valence-corrected chi connectivity index (χ4v) is 1.68. The van der Waals surface area contributed by atoms with Gasteiger partial charge in [0.05, 0.1) is 5.52 Å². The lowest BCUT2D eigenvalue weighted by molar-refractivity contribution is 0.761. The van der Waals surface area contributed by atoms with Crippen LogP contribution in [0.15, 0.2) is 22.8 Å². The van der Waals surface area contributed by atoms with Crippen molar-refractivity contribution in [1.82, 2.24) is 9.78 Å². The molecular weight excluding hydrogens is 216 g/mol. The molecule has 0 unspecified atom stereocenters. The smallest absolute Gasteiger partial charge is 0.111 e. The highest BCUT2D eigenvalue weighted by Crippen LogP contribution is 2.23. The van der Waals surface area contributed by atoms with Crippen LogP contribution in [0.5, 0.6) is 0 Å². The van der Waals surface area contributed by atoms with Crippen molar-refractivity contribution in [1.29, 1.82) is 0 Å². The Morgan fingerprint density at radius 3 is 2.92 bits per heavy atom. The van der Waals surface area contributed by atoms with Gasteiger partial charge in [-0.15, -0.1) is 0 Å². The molecule has 0 aliphatic carbocycles. The number of halogens is 1. The lowest BCUT2D eigenvalue weighted by Gasteiger charge is -1.91. The van der Waals surface area contributed by atoms with Crippen molar-refractivity contribution < 1.29 is 0 Å². The number of aryl methyl sites for hydroxylation is 2. The first-order chi connectivity index (χ1) is 5.68. The van der Waals surface area contributed by atoms with Crippen LogP contribution in [0.1, 0.15) is 5.56 Å². The van der Waals surface area contributed by atoms with Crippen LogP contribution in [0, 0.1) is 6.92 Å². The van der Waals surface area contributed by atoms with E-state index in [1.165, 1.54) is 10.9 Å². The summed E-state index contributed by atoms with van der Waals surface area (Å²) in [5.74, 6) is 0. The average Bonchev–Trinajstić information content (AvgIpc) is 2.31. The minimum absolute atomic E-state index is 1.04. The predicted molar refractivity (Wildman–Crippen MR) is 53.2 cm³/mol. The van der Waals surface area contributed by atoms with Gasteiger partial charge >= 0.3 is 0 Å². The molecule has 1 aromatic heterocycles. The summed E-state index contributed by atoms with van der Waals surface area (Å²) in [6.07, 6.45) is 0. The Morgan fingerprint density at radius 1 is 1.42 bits per heavy atom. The molecule has 0 aliphatic heterocycles. The quantitative estimate of drug-likeness (QED) is 0.673. The van der Waals surface area contributed by atoms with Gasteiger partial charge in [-0.2, -0.15) is 5.10 Å². The van der Waals surface area contributed by atoms with Crippen molar-refractivity contribution in [2.75, 3.05) is 0 Å². The van der Waals surface area contributed by atoms with E-state index in [2.05, 4.69) is 40.1 Å². The SMILES string of the molecule is Cc1ccc2nn(C)c(Br)c2c1. The molecule has 0 radical (unpaired) electrons. The van der Waals surface area contributed by atoms with E-state index in [0.29, 0.717) is 0 Å². The summed E-state index contributed by atoms with van der Waals surface area (Å²) in [5, 5.41) is 5.50. The monoisotopic (exact) mass is 224 g/mol. The Labute approximate surface area is 79.3 Å². The summed E-state index contributed by atoms with van der Waals surface area (Å²) in [6, 6.07) is 6.24. The minimum Gasteiger partial charge on any atom is -0.260 e. The second kappa shape index (κ2) is 2.59. The Morgan fingerprint density at radius 2 is 2.17 bits per heavy atom. The van der Waals surface area contributed by atoms with Gasteiger partial charge in [0.2, 0.25) is 0 Å². The van der Waals surface area contributed by atoms with Gasteiger partial charge in [0.1, 0.15) is 4.60 Å². The molecule has 1 heterocycles. The van der Waals surface area contributed by atoms with Crippen molar-refractivity contribution in [3.8, 4) is 0 Å². The predicted octanol–water partition coefficient (Wildman–Crippen LogP) is 2.64. The number of hydrogen-bond acceptors (Lipinski definition) is 1. The third-order valence-electron chi connectivity index (χ3n) is 1.92. The maximum Gasteiger partial charge on any atom is 0.111 e. The average molecular weight is 225 g/mol. The van der Waals surface area contributed by atoms with E-state index >= 15 is 0 Å². The molecule has 0 aliphatic rings. The number of aromatic nitrogens is 2. The number of hydrogen-bond donors (Lipinski definition) is 0. The van der Waals surface area contributed by atoms with Crippen LogP contribution in [-0.4, -0.2) is 9.78 Å². The summed E-state index contributed by atoms with van der Waals surface area (Å²) in [6.45, 7) is 2.08. The van der Waals surface area contributed by atoms with Crippen LogP contribution in [0.4, 0.5) is 0 Å². The van der Waals surface area contributed by atoms with Crippen LogP contribution in [0.25, 0.3) is 10.9 Å². The van der Waals surface area contributed by atoms with Gasteiger partial charge in [-0.3, -0.25) is 4.68 Å². The standard InChI is InChI=1S/C9H9BrN2/c1-6-3-4-8-7(5-6)9(10)12(2)11-8/h3-5H,1-2H3. The first-order valence-corrected chi connectivity index (χ1v) is 4.56. The maximum atomic E-state index is 4.32. The molecule has 0 fully saturated rings. The van der Waals surface area contributed by atoms with Crippen molar-refractivity contribution >= 4 is 26.8 Å². The topological polar surface area (TPSA) is 17.8 Å². The van der Waals surface area contributed by atoms with E-state index < -0.39 is 0 Å². The largest absolute Gasteiger partial charge is 0.260 e. The molecule has 0 amide bonds. The molecular formula is C9H9BrN2. The molecule has 62 valence electrons. The molecule has 0 saturated carbocycles. The second-order valence-corrected chi connectivity index (χ2v) is 3.69. The summed E-state index contributed by atoms with van der Waals surface area (Å²) >= 11 is 3.49. The zero-order valence-corrected chi connectivity index (χ0v) is 8.59. The van der Waals surface area contributed by atoms with E-state index in [1.54, 1.807) is 0 Å². The van der Waals surface area contributed by atoms with E-state index in [0.717, 1.165) is 10.1 Å². The summed E-state index contributed by atoms with van der Waals surface area (Å²) < 4.78 is 2.88. The van der Waals surface area contributed by atoms with Crippen molar-refractivity contribution in [3.05, 3.63) is 28.4 Å². The Hall–Kier alpha value is -0.830. The first kappa shape index (κ1) is 7.80. The lowest BCUT2D eigenvalue weighted by Crippen LogP contribution is -1.88. The van der Waals surface area contributed by atoms with Crippen LogP contribution in [0.3, 0.4) is 0 Å². The molecule has 0 N–H and O–H groups in total. The van der Waals surface area contributed by atoms with E-state index in [-0.39, 0.29) is 0 Å². The maximum absolute atomic E-state index is 4.32. The number of benzene rings is 1. The van der Waals surface area contributed by atoms with Crippen LogP contribution in [0.2, 0.25) is 0 Å². The minimum atomic E-state index is 1.04. The molecule has 2 aromatic rings. The summed E-state index contributed by atoms with van der Waals surface area (Å²) in [7, 11) is 1.93. The number of nitrogens with zero attached hydrogens (tertiary/aromatic N) is 2. The molecule has 0 atom stereocenters. The third-order valence-corrected chi connectivity index (χ3v) is 2.86. The first-order valence-electron chi connectivity index (χ1n) is 3.77. The Balaban J connectivity index is 2.88. The van der Waals surface area contributed by atoms with Gasteiger partial charge in [0.15, 0.2) is 0 Å². The van der Waals surface area contributed by atoms with Crippen molar-refractivity contribution in [2.24, 2.45) is 7.05 Å². The number of fused-ring (bicyclic) bond motifs is 1. The molecule has 3 heteroatoms. The third kappa shape index (κ3) is 1.05. The normalized spacial score (nSPS) is 10.9. The van der Waals surface area contributed by atoms with Crippen LogP contribution in [-0.2, 0) is 7.05 Å². The summed E-state index contributed by atoms with van der Waals surface area (Å²) in [4.78, 5) is 0. The Kier molecular flexibility index (Phi) is 1.68. The fraction of sp³-hybridized carbons (Fsp3) is 0.222. The van der Waals surface area contributed by atoms with Crippen molar-refractivity contribution in [3.63, 3.8) is 0 Å². The zero-order chi connectivity index (χ0) is 8.72.